The largest absolute Gasteiger partial charge is 0.351 e. The van der Waals surface area contributed by atoms with E-state index in [0.717, 1.165) is 24.9 Å². The Morgan fingerprint density at radius 1 is 1.32 bits per heavy atom. The summed E-state index contributed by atoms with van der Waals surface area (Å²) in [4.78, 5) is 15.8. The molecule has 1 aromatic carbocycles. The number of hydrogen-bond acceptors (Lipinski definition) is 3. The van der Waals surface area contributed by atoms with Crippen molar-refractivity contribution < 1.29 is 4.79 Å². The summed E-state index contributed by atoms with van der Waals surface area (Å²) in [7, 11) is 0. The zero-order valence-corrected chi connectivity index (χ0v) is 13.9. The van der Waals surface area contributed by atoms with Gasteiger partial charge < -0.3 is 5.32 Å². The molecule has 0 radical (unpaired) electrons. The zero-order chi connectivity index (χ0) is 15.4. The lowest BCUT2D eigenvalue weighted by atomic mass is 10.2. The molecule has 1 aromatic heterocycles. The van der Waals surface area contributed by atoms with E-state index in [-0.39, 0.29) is 5.91 Å². The molecule has 5 heteroatoms. The van der Waals surface area contributed by atoms with Crippen molar-refractivity contribution in [2.75, 3.05) is 13.1 Å². The van der Waals surface area contributed by atoms with Crippen molar-refractivity contribution in [2.45, 2.75) is 25.4 Å². The highest BCUT2D eigenvalue weighted by molar-refractivity contribution is 7.10. The van der Waals surface area contributed by atoms with Crippen LogP contribution in [-0.2, 0) is 11.3 Å². The van der Waals surface area contributed by atoms with Crippen molar-refractivity contribution in [1.82, 2.24) is 10.2 Å². The summed E-state index contributed by atoms with van der Waals surface area (Å²) in [5, 5.41) is 5.81. The molecule has 1 atom stereocenters. The first kappa shape index (κ1) is 15.5. The SMILES string of the molecule is O=C(CN1CCCC1c1cccs1)NCc1ccc(Cl)cc1. The van der Waals surface area contributed by atoms with Crippen LogP contribution in [-0.4, -0.2) is 23.9 Å². The molecule has 22 heavy (non-hydrogen) atoms. The average Bonchev–Trinajstić information content (AvgIpc) is 3.17. The summed E-state index contributed by atoms with van der Waals surface area (Å²) < 4.78 is 0. The van der Waals surface area contributed by atoms with Crippen LogP contribution in [0.5, 0.6) is 0 Å². The second kappa shape index (κ2) is 7.27. The fourth-order valence-electron chi connectivity index (χ4n) is 2.86. The van der Waals surface area contributed by atoms with E-state index in [1.54, 1.807) is 11.3 Å². The van der Waals surface area contributed by atoms with Crippen LogP contribution in [0.25, 0.3) is 0 Å². The minimum Gasteiger partial charge on any atom is -0.351 e. The molecule has 0 bridgehead atoms. The topological polar surface area (TPSA) is 32.3 Å². The zero-order valence-electron chi connectivity index (χ0n) is 12.3. The third-order valence-electron chi connectivity index (χ3n) is 3.98. The Balaban J connectivity index is 1.52. The molecule has 1 aliphatic heterocycles. The fourth-order valence-corrected chi connectivity index (χ4v) is 3.88. The van der Waals surface area contributed by atoms with Gasteiger partial charge >= 0.3 is 0 Å². The summed E-state index contributed by atoms with van der Waals surface area (Å²) in [6.07, 6.45) is 2.30. The molecule has 1 fully saturated rings. The van der Waals surface area contributed by atoms with Crippen LogP contribution < -0.4 is 5.32 Å². The van der Waals surface area contributed by atoms with Crippen molar-refractivity contribution in [3.8, 4) is 0 Å². The molecule has 3 rings (SSSR count). The van der Waals surface area contributed by atoms with Gasteiger partial charge in [0.25, 0.3) is 0 Å². The maximum absolute atomic E-state index is 12.2. The number of benzene rings is 1. The predicted octanol–water partition coefficient (Wildman–Crippen LogP) is 3.85. The molecule has 1 N–H and O–H groups in total. The Bertz CT molecular complexity index is 612. The maximum atomic E-state index is 12.2. The Hall–Kier alpha value is -1.36. The highest BCUT2D eigenvalue weighted by atomic mass is 35.5. The Morgan fingerprint density at radius 2 is 2.14 bits per heavy atom. The summed E-state index contributed by atoms with van der Waals surface area (Å²) >= 11 is 7.64. The van der Waals surface area contributed by atoms with Gasteiger partial charge in [-0.2, -0.15) is 0 Å². The number of thiophene rings is 1. The van der Waals surface area contributed by atoms with Gasteiger partial charge in [-0.05, 0) is 48.5 Å². The van der Waals surface area contributed by atoms with Crippen LogP contribution in [0.15, 0.2) is 41.8 Å². The smallest absolute Gasteiger partial charge is 0.234 e. The summed E-state index contributed by atoms with van der Waals surface area (Å²) in [6.45, 7) is 2.01. The lowest BCUT2D eigenvalue weighted by molar-refractivity contribution is -0.122. The van der Waals surface area contributed by atoms with Gasteiger partial charge in [0.15, 0.2) is 0 Å². The number of rotatable bonds is 5. The van der Waals surface area contributed by atoms with E-state index in [1.165, 1.54) is 4.88 Å². The normalized spacial score (nSPS) is 18.5. The number of nitrogens with one attached hydrogen (secondary N) is 1. The first-order valence-electron chi connectivity index (χ1n) is 7.51. The molecular formula is C17H19ClN2OS. The van der Waals surface area contributed by atoms with Gasteiger partial charge in [0.2, 0.25) is 5.91 Å². The highest BCUT2D eigenvalue weighted by Crippen LogP contribution is 2.33. The van der Waals surface area contributed by atoms with E-state index in [2.05, 4.69) is 27.7 Å². The first-order valence-corrected chi connectivity index (χ1v) is 8.77. The van der Waals surface area contributed by atoms with Crippen LogP contribution in [0.2, 0.25) is 5.02 Å². The molecule has 116 valence electrons. The monoisotopic (exact) mass is 334 g/mol. The Kier molecular flexibility index (Phi) is 5.13. The minimum atomic E-state index is 0.0819. The van der Waals surface area contributed by atoms with Crippen LogP contribution in [0, 0.1) is 0 Å². The number of halogens is 1. The lowest BCUT2D eigenvalue weighted by Crippen LogP contribution is -2.36. The molecule has 0 saturated carbocycles. The summed E-state index contributed by atoms with van der Waals surface area (Å²) in [6, 6.07) is 12.2. The van der Waals surface area contributed by atoms with Crippen LogP contribution in [0.4, 0.5) is 0 Å². The lowest BCUT2D eigenvalue weighted by Gasteiger charge is -2.22. The number of hydrogen-bond donors (Lipinski definition) is 1. The van der Waals surface area contributed by atoms with Gasteiger partial charge in [0.1, 0.15) is 0 Å². The molecule has 0 aliphatic carbocycles. The van der Waals surface area contributed by atoms with E-state index >= 15 is 0 Å². The molecular weight excluding hydrogens is 316 g/mol. The maximum Gasteiger partial charge on any atom is 0.234 e. The number of amides is 1. The number of likely N-dealkylation sites (tertiary alicyclic amines) is 1. The van der Waals surface area contributed by atoms with Crippen LogP contribution >= 0.6 is 22.9 Å². The van der Waals surface area contributed by atoms with E-state index in [1.807, 2.05) is 24.3 Å². The van der Waals surface area contributed by atoms with Crippen LogP contribution in [0.3, 0.4) is 0 Å². The summed E-state index contributed by atoms with van der Waals surface area (Å²) in [5.74, 6) is 0.0819. The minimum absolute atomic E-state index is 0.0819. The standard InChI is InChI=1S/C17H19ClN2OS/c18-14-7-5-13(6-8-14)11-19-17(21)12-20-9-1-3-15(20)16-4-2-10-22-16/h2,4-8,10,15H,1,3,9,11-12H2,(H,19,21). The van der Waals surface area contributed by atoms with Crippen molar-refractivity contribution in [2.24, 2.45) is 0 Å². The second-order valence-electron chi connectivity index (χ2n) is 5.55. The molecule has 1 saturated heterocycles. The Morgan fingerprint density at radius 3 is 2.86 bits per heavy atom. The molecule has 0 spiro atoms. The molecule has 1 aliphatic rings. The van der Waals surface area contributed by atoms with Crippen LogP contribution in [0.1, 0.15) is 29.3 Å². The fraction of sp³-hybridized carbons (Fsp3) is 0.353. The van der Waals surface area contributed by atoms with Crippen molar-refractivity contribution in [3.05, 3.63) is 57.2 Å². The van der Waals surface area contributed by atoms with Crippen molar-refractivity contribution in [3.63, 3.8) is 0 Å². The molecule has 2 heterocycles. The molecule has 3 nitrogen and oxygen atoms in total. The third kappa shape index (κ3) is 3.88. The molecule has 1 unspecified atom stereocenters. The Labute approximate surface area is 139 Å². The van der Waals surface area contributed by atoms with Gasteiger partial charge in [-0.25, -0.2) is 0 Å². The quantitative estimate of drug-likeness (QED) is 0.900. The number of nitrogens with zero attached hydrogens (tertiary/aromatic N) is 1. The predicted molar refractivity (Wildman–Crippen MR) is 91.2 cm³/mol. The van der Waals surface area contributed by atoms with Gasteiger partial charge in [0.05, 0.1) is 6.54 Å². The van der Waals surface area contributed by atoms with Crippen molar-refractivity contribution >= 4 is 28.8 Å². The second-order valence-corrected chi connectivity index (χ2v) is 6.96. The van der Waals surface area contributed by atoms with E-state index in [4.69, 9.17) is 11.6 Å². The van der Waals surface area contributed by atoms with E-state index < -0.39 is 0 Å². The van der Waals surface area contributed by atoms with Gasteiger partial charge in [-0.15, -0.1) is 11.3 Å². The summed E-state index contributed by atoms with van der Waals surface area (Å²) in [5.41, 5.74) is 1.06. The van der Waals surface area contributed by atoms with Crippen molar-refractivity contribution in [1.29, 1.82) is 0 Å². The molecule has 2 aromatic rings. The van der Waals surface area contributed by atoms with Gasteiger partial charge in [-0.1, -0.05) is 29.8 Å². The number of carbonyl (C=O) groups is 1. The highest BCUT2D eigenvalue weighted by Gasteiger charge is 2.27. The third-order valence-corrected chi connectivity index (χ3v) is 5.21. The van der Waals surface area contributed by atoms with Gasteiger partial charge in [0, 0.05) is 22.5 Å². The molecule has 1 amide bonds. The average molecular weight is 335 g/mol. The van der Waals surface area contributed by atoms with Gasteiger partial charge in [-0.3, -0.25) is 9.69 Å². The van der Waals surface area contributed by atoms with E-state index in [9.17, 15) is 4.79 Å². The first-order chi connectivity index (χ1) is 10.7. The number of carbonyl (C=O) groups excluding carboxylic acids is 1. The van der Waals surface area contributed by atoms with E-state index in [0.29, 0.717) is 24.2 Å².